The number of hydrogen-bond donors (Lipinski definition) is 9. The van der Waals surface area contributed by atoms with Gasteiger partial charge in [-0.25, -0.2) is 28.8 Å². The third kappa shape index (κ3) is 29.0. The topological polar surface area (TPSA) is 371 Å². The van der Waals surface area contributed by atoms with Gasteiger partial charge in [0.1, 0.15) is 76.5 Å². The Morgan fingerprint density at radius 1 is 0.605 bits per heavy atom. The summed E-state index contributed by atoms with van der Waals surface area (Å²) in [6.45, 7) is 26.4. The van der Waals surface area contributed by atoms with Gasteiger partial charge in [-0.05, 0) is 75.2 Å². The van der Waals surface area contributed by atoms with Crippen molar-refractivity contribution in [1.82, 2.24) is 32.2 Å². The fourth-order valence-corrected chi connectivity index (χ4v) is 9.17. The highest BCUT2D eigenvalue weighted by Gasteiger charge is 2.56. The van der Waals surface area contributed by atoms with Gasteiger partial charge < -0.3 is 57.0 Å². The third-order valence-corrected chi connectivity index (χ3v) is 14.9. The van der Waals surface area contributed by atoms with Gasteiger partial charge in [-0.3, -0.25) is 28.9 Å². The van der Waals surface area contributed by atoms with Gasteiger partial charge in [0.2, 0.25) is 29.4 Å². The predicted octanol–water partition coefficient (Wildman–Crippen LogP) is 1.92. The molecular weight excluding hydrogens is 1100 g/mol. The molecule has 1 rings (SSSR count). The van der Waals surface area contributed by atoms with E-state index in [-0.39, 0.29) is 53.9 Å². The second kappa shape index (κ2) is 43.4. The number of thioether (sulfide) groups is 2. The molecule has 0 saturated carbocycles. The number of esters is 2. The van der Waals surface area contributed by atoms with Gasteiger partial charge in [-0.15, -0.1) is 21.1 Å². The molecule has 29 heteroatoms. The normalized spacial score (nSPS) is 15.3. The molecule has 1 aliphatic heterocycles. The van der Waals surface area contributed by atoms with Gasteiger partial charge >= 0.3 is 35.8 Å². The Hall–Kier alpha value is -5.30. The van der Waals surface area contributed by atoms with Crippen LogP contribution >= 0.6 is 23.5 Å². The maximum atomic E-state index is 13.9. The molecule has 4 amide bonds. The van der Waals surface area contributed by atoms with Gasteiger partial charge in [0.25, 0.3) is 5.60 Å². The molecule has 5 unspecified atom stereocenters. The molecule has 11 N–H and O–H groups in total. The molecule has 5 atom stereocenters. The minimum Gasteiger partial charge on any atom is -0.501 e. The number of rotatable bonds is 39. The quantitative estimate of drug-likeness (QED) is 0.0184. The largest absolute Gasteiger partial charge is 0.501 e. The molecule has 0 radical (unpaired) electrons. The Bertz CT molecular complexity index is 1970. The monoisotopic (exact) mass is 1200 g/mol. The van der Waals surface area contributed by atoms with Crippen LogP contribution in [0.5, 0.6) is 0 Å². The number of nitrogens with one attached hydrogen (secondary N) is 6. The molecule has 1 heterocycles. The number of nitrogens with two attached hydrogens (primary N) is 2. The van der Waals surface area contributed by atoms with Crippen molar-refractivity contribution < 1.29 is 91.2 Å². The average molecular weight is 1200 g/mol. The highest BCUT2D eigenvalue weighted by atomic mass is 32.2. The molecule has 0 aliphatic carbocycles. The first-order valence-electron chi connectivity index (χ1n) is 28.1. The number of carbonyl (C=O) groups excluding carboxylic acids is 10. The second-order valence-electron chi connectivity index (χ2n) is 18.2. The second-order valence-corrected chi connectivity index (χ2v) is 20.2. The lowest BCUT2D eigenvalue weighted by atomic mass is 10.1. The van der Waals surface area contributed by atoms with Crippen LogP contribution in [0.25, 0.3) is 0 Å². The number of aliphatic hydroxyl groups excluding tert-OH is 1. The Balaban J connectivity index is 0. The lowest BCUT2D eigenvalue weighted by Crippen LogP contribution is -2.53. The molecule has 27 nitrogen and oxygen atoms in total. The highest BCUT2D eigenvalue weighted by Crippen LogP contribution is 2.43. The third-order valence-electron chi connectivity index (χ3n) is 12.4. The summed E-state index contributed by atoms with van der Waals surface area (Å²) in [7, 11) is 0. The molecule has 1 aliphatic rings. The lowest BCUT2D eigenvalue weighted by Gasteiger charge is -2.32. The van der Waals surface area contributed by atoms with Crippen LogP contribution in [0.3, 0.4) is 0 Å². The van der Waals surface area contributed by atoms with Crippen LogP contribution in [0.4, 0.5) is 0 Å². The van der Waals surface area contributed by atoms with Gasteiger partial charge in [0, 0.05) is 43.2 Å². The smallest absolute Gasteiger partial charge is 0.385 e. The van der Waals surface area contributed by atoms with Crippen LogP contribution in [-0.2, 0) is 76.8 Å². The summed E-state index contributed by atoms with van der Waals surface area (Å²) in [6, 6.07) is -5.44. The van der Waals surface area contributed by atoms with E-state index in [2.05, 4.69) is 59.9 Å². The summed E-state index contributed by atoms with van der Waals surface area (Å²) in [5.74, 6) is -11.6. The van der Waals surface area contributed by atoms with Gasteiger partial charge in [-0.1, -0.05) is 53.4 Å². The van der Waals surface area contributed by atoms with Crippen molar-refractivity contribution in [1.29, 1.82) is 0 Å². The van der Waals surface area contributed by atoms with Crippen molar-refractivity contribution in [3.8, 4) is 0 Å². The van der Waals surface area contributed by atoms with E-state index in [4.69, 9.17) is 40.3 Å². The summed E-state index contributed by atoms with van der Waals surface area (Å²) >= 11 is 1.32. The SMILES string of the molecule is CCCC.CCCC.CCNOC(=O)CNC(=O)C(CSC1=C(O)C(=O)OC1(CSCC(NC(=O)CCC(N)C(=O)ONCC)C(=O)NCC(=O)O[N+](CC)(CC)CC)C(=O)OCC)NC(=O)CCC(N)C(=O)O[N+](CC)(CC)CC. The number of quaternary nitrogens is 2. The predicted molar refractivity (Wildman–Crippen MR) is 306 cm³/mol. The standard InChI is InChI=1S/C44H76N10O17S2.2C4H10/c1-10-49-68-34(57)23-47-39(61)31(52-33(56)22-20-29(46)41(63)71-54(15-6,16-7)17-8)26-73-37-36(59)42(64)67-44(37,43(65)66-18-9)27-72-25-30(51-32(55)21-19-28(45)40(62)69-50-11-2)38(60)48-24-35(58)70-53(12-3,13-4)14-5;2*1-3-4-2/h28-31,49-50H,10-27,45-46H2,1-9H3,(H3-2,47,48,51,52,55,56,59,60,61);2*3-4H2,1-2H3/p+2. The van der Waals surface area contributed by atoms with E-state index in [0.717, 1.165) is 11.8 Å². The molecule has 81 heavy (non-hydrogen) atoms. The number of amides is 4. The summed E-state index contributed by atoms with van der Waals surface area (Å²) < 4.78 is 10.8. The first-order valence-corrected chi connectivity index (χ1v) is 30.3. The van der Waals surface area contributed by atoms with Crippen LogP contribution in [0.15, 0.2) is 10.7 Å². The molecule has 0 aromatic rings. The summed E-state index contributed by atoms with van der Waals surface area (Å²) in [6.07, 6.45) is 4.15. The van der Waals surface area contributed by atoms with E-state index in [1.807, 2.05) is 41.5 Å². The summed E-state index contributed by atoms with van der Waals surface area (Å²) in [4.78, 5) is 152. The first-order chi connectivity index (χ1) is 38.4. The lowest BCUT2D eigenvalue weighted by molar-refractivity contribution is -1.09. The number of carbonyl (C=O) groups is 10. The number of aliphatic hydroxyl groups is 1. The Kier molecular flexibility index (Phi) is 41.7. The van der Waals surface area contributed by atoms with Crippen molar-refractivity contribution in [2.75, 3.05) is 89.3 Å². The van der Waals surface area contributed by atoms with Crippen molar-refractivity contribution in [2.24, 2.45) is 11.5 Å². The zero-order valence-electron chi connectivity index (χ0n) is 50.2. The average Bonchev–Trinajstić information content (AvgIpc) is 3.72. The first kappa shape index (κ1) is 77.8. The van der Waals surface area contributed by atoms with Crippen LogP contribution in [0.1, 0.15) is 141 Å². The van der Waals surface area contributed by atoms with Gasteiger partial charge in [0.05, 0.1) is 11.5 Å². The molecule has 0 fully saturated rings. The van der Waals surface area contributed by atoms with E-state index in [1.165, 1.54) is 32.6 Å². The van der Waals surface area contributed by atoms with Crippen molar-refractivity contribution in [3.05, 3.63) is 10.7 Å². The zero-order valence-corrected chi connectivity index (χ0v) is 51.8. The maximum absolute atomic E-state index is 13.9. The van der Waals surface area contributed by atoms with Gasteiger partial charge in [-0.2, -0.15) is 22.7 Å². The van der Waals surface area contributed by atoms with E-state index >= 15 is 0 Å². The number of unbranched alkanes of at least 4 members (excludes halogenated alkanes) is 2. The number of ether oxygens (including phenoxy) is 2. The molecule has 0 spiro atoms. The Labute approximate surface area is 487 Å². The molecule has 0 aromatic carbocycles. The van der Waals surface area contributed by atoms with E-state index in [0.29, 0.717) is 57.6 Å². The fourth-order valence-electron chi connectivity index (χ4n) is 6.66. The number of nitrogens with zero attached hydrogens (tertiary/aromatic N) is 2. The van der Waals surface area contributed by atoms with Crippen LogP contribution < -0.4 is 43.7 Å². The summed E-state index contributed by atoms with van der Waals surface area (Å²) in [5.41, 5.74) is 14.3. The van der Waals surface area contributed by atoms with Crippen molar-refractivity contribution >= 4 is 83.0 Å². The molecule has 468 valence electrons. The van der Waals surface area contributed by atoms with Crippen LogP contribution in [-0.4, -0.2) is 193 Å². The van der Waals surface area contributed by atoms with E-state index < -0.39 is 124 Å². The van der Waals surface area contributed by atoms with Crippen molar-refractivity contribution in [2.45, 2.75) is 171 Å². The number of hydroxylamine groups is 8. The molecule has 0 bridgehead atoms. The highest BCUT2D eigenvalue weighted by molar-refractivity contribution is 8.03. The van der Waals surface area contributed by atoms with Crippen molar-refractivity contribution in [3.63, 3.8) is 0 Å². The van der Waals surface area contributed by atoms with E-state index in [1.54, 1.807) is 13.8 Å². The molecular formula is C52H98N10O17S2+2. The Morgan fingerprint density at radius 3 is 1.48 bits per heavy atom. The zero-order chi connectivity index (χ0) is 62.2. The minimum absolute atomic E-state index is 0.00497. The minimum atomic E-state index is -2.43. The number of cyclic esters (lactones) is 1. The van der Waals surface area contributed by atoms with E-state index in [9.17, 15) is 53.1 Å². The summed E-state index contributed by atoms with van der Waals surface area (Å²) in [5, 5.41) is 20.9. The van der Waals surface area contributed by atoms with Crippen LogP contribution in [0, 0.1) is 0 Å². The Morgan fingerprint density at radius 2 is 1.04 bits per heavy atom. The maximum Gasteiger partial charge on any atom is 0.385 e. The molecule has 0 aromatic heterocycles. The molecule has 0 saturated heterocycles. The van der Waals surface area contributed by atoms with Crippen LogP contribution in [0.2, 0.25) is 0 Å². The number of hydrogen-bond acceptors (Lipinski definition) is 23. The fraction of sp³-hybridized carbons (Fsp3) is 0.769. The van der Waals surface area contributed by atoms with Gasteiger partial charge in [0.15, 0.2) is 0 Å².